The molecule has 1 aliphatic heterocycles. The minimum absolute atomic E-state index is 0.00774. The minimum Gasteiger partial charge on any atom is -0.348 e. The first-order chi connectivity index (χ1) is 13.1. The minimum atomic E-state index is -0.997. The molecule has 0 unspecified atom stereocenters. The van der Waals surface area contributed by atoms with Crippen molar-refractivity contribution >= 4 is 15.9 Å². The highest BCUT2D eigenvalue weighted by atomic mass is 79.9. The highest BCUT2D eigenvalue weighted by molar-refractivity contribution is 9.10. The molecule has 0 spiro atoms. The van der Waals surface area contributed by atoms with Crippen LogP contribution in [0.25, 0.3) is 11.4 Å². The van der Waals surface area contributed by atoms with Crippen LogP contribution in [0.15, 0.2) is 29.0 Å². The van der Waals surface area contributed by atoms with Crippen LogP contribution in [-0.2, 0) is 9.47 Å². The van der Waals surface area contributed by atoms with Gasteiger partial charge in [-0.15, -0.1) is 0 Å². The normalized spacial score (nSPS) is 20.0. The predicted molar refractivity (Wildman–Crippen MR) is 102 cm³/mol. The fraction of sp³-hybridized carbons (Fsp3) is 0.500. The van der Waals surface area contributed by atoms with Gasteiger partial charge in [-0.25, -0.2) is 18.7 Å². The monoisotopic (exact) mass is 440 g/mol. The lowest BCUT2D eigenvalue weighted by atomic mass is 10.0. The highest BCUT2D eigenvalue weighted by Gasteiger charge is 2.28. The van der Waals surface area contributed by atoms with Gasteiger partial charge in [0.15, 0.2) is 23.7 Å². The molecule has 0 bridgehead atoms. The van der Waals surface area contributed by atoms with Crippen molar-refractivity contribution in [1.29, 1.82) is 0 Å². The zero-order valence-electron chi connectivity index (χ0n) is 15.3. The van der Waals surface area contributed by atoms with Gasteiger partial charge in [0.25, 0.3) is 0 Å². The van der Waals surface area contributed by atoms with Crippen molar-refractivity contribution < 1.29 is 18.3 Å². The number of halogens is 3. The van der Waals surface area contributed by atoms with E-state index in [-0.39, 0.29) is 17.0 Å². The van der Waals surface area contributed by atoms with Crippen LogP contribution in [0.2, 0.25) is 0 Å². The third kappa shape index (κ3) is 5.09. The molecule has 1 fully saturated rings. The van der Waals surface area contributed by atoms with Crippen LogP contribution in [0.3, 0.4) is 0 Å². The maximum atomic E-state index is 14.6. The zero-order valence-corrected chi connectivity index (χ0v) is 16.8. The van der Waals surface area contributed by atoms with Gasteiger partial charge >= 0.3 is 0 Å². The van der Waals surface area contributed by atoms with Crippen LogP contribution in [0, 0.1) is 17.6 Å². The summed E-state index contributed by atoms with van der Waals surface area (Å²) in [7, 11) is 0. The van der Waals surface area contributed by atoms with Gasteiger partial charge in [-0.2, -0.15) is 0 Å². The summed E-state index contributed by atoms with van der Waals surface area (Å²) < 4.78 is 41.1. The van der Waals surface area contributed by atoms with E-state index in [1.807, 2.05) is 0 Å². The molecular formula is C20H23BrF2N2O2. The Kier molecular flexibility index (Phi) is 7.26. The number of nitrogens with zero attached hydrogens (tertiary/aromatic N) is 2. The van der Waals surface area contributed by atoms with Crippen molar-refractivity contribution in [3.63, 3.8) is 0 Å². The number of hydrogen-bond donors (Lipinski definition) is 0. The predicted octanol–water partition coefficient (Wildman–Crippen LogP) is 5.82. The van der Waals surface area contributed by atoms with E-state index in [1.165, 1.54) is 43.8 Å². The summed E-state index contributed by atoms with van der Waals surface area (Å²) in [5, 5.41) is 0. The fourth-order valence-electron chi connectivity index (χ4n) is 3.12. The van der Waals surface area contributed by atoms with E-state index < -0.39 is 17.9 Å². The second-order valence-electron chi connectivity index (χ2n) is 6.77. The van der Waals surface area contributed by atoms with E-state index >= 15 is 0 Å². The Morgan fingerprint density at radius 3 is 2.41 bits per heavy atom. The van der Waals surface area contributed by atoms with Gasteiger partial charge in [0.1, 0.15) is 0 Å². The number of ether oxygens (including phenoxy) is 2. The molecule has 27 heavy (non-hydrogen) atoms. The third-order valence-corrected chi connectivity index (χ3v) is 5.07. The zero-order chi connectivity index (χ0) is 19.2. The van der Waals surface area contributed by atoms with Crippen LogP contribution >= 0.6 is 15.9 Å². The van der Waals surface area contributed by atoms with E-state index in [0.29, 0.717) is 23.6 Å². The molecule has 4 nitrogen and oxygen atoms in total. The topological polar surface area (TPSA) is 44.2 Å². The summed E-state index contributed by atoms with van der Waals surface area (Å²) in [6.45, 7) is 3.17. The van der Waals surface area contributed by atoms with Crippen molar-refractivity contribution in [1.82, 2.24) is 9.97 Å². The number of hydrogen-bond acceptors (Lipinski definition) is 4. The molecule has 2 heterocycles. The molecule has 3 rings (SSSR count). The van der Waals surface area contributed by atoms with Crippen LogP contribution in [-0.4, -0.2) is 23.2 Å². The molecule has 0 saturated carbocycles. The number of aromatic nitrogens is 2. The van der Waals surface area contributed by atoms with E-state index in [1.54, 1.807) is 0 Å². The summed E-state index contributed by atoms with van der Waals surface area (Å²) in [4.78, 5) is 8.03. The highest BCUT2D eigenvalue weighted by Crippen LogP contribution is 2.32. The van der Waals surface area contributed by atoms with Crippen molar-refractivity contribution in [3.8, 4) is 11.4 Å². The average Bonchev–Trinajstić information content (AvgIpc) is 2.69. The molecule has 0 radical (unpaired) electrons. The van der Waals surface area contributed by atoms with E-state index in [4.69, 9.17) is 9.47 Å². The second kappa shape index (κ2) is 9.66. The van der Waals surface area contributed by atoms with Crippen molar-refractivity contribution in [2.45, 2.75) is 45.3 Å². The Morgan fingerprint density at radius 1 is 1.04 bits per heavy atom. The quantitative estimate of drug-likeness (QED) is 0.509. The van der Waals surface area contributed by atoms with Gasteiger partial charge in [-0.1, -0.05) is 38.7 Å². The van der Waals surface area contributed by atoms with Gasteiger partial charge in [-0.05, 0) is 28.4 Å². The largest absolute Gasteiger partial charge is 0.348 e. The summed E-state index contributed by atoms with van der Waals surface area (Å²) in [5.74, 6) is -1.55. The van der Waals surface area contributed by atoms with Crippen LogP contribution in [0.5, 0.6) is 0 Å². The fourth-order valence-corrected chi connectivity index (χ4v) is 3.32. The maximum absolute atomic E-state index is 14.6. The van der Waals surface area contributed by atoms with Crippen LogP contribution in [0.4, 0.5) is 8.78 Å². The smallest absolute Gasteiger partial charge is 0.186 e. The first-order valence-corrected chi connectivity index (χ1v) is 10.1. The van der Waals surface area contributed by atoms with Gasteiger partial charge in [-0.3, -0.25) is 0 Å². The Bertz CT molecular complexity index is 750. The molecule has 1 aromatic heterocycles. The molecule has 0 aliphatic carbocycles. The molecular weight excluding hydrogens is 418 g/mol. The first-order valence-electron chi connectivity index (χ1n) is 9.29. The Morgan fingerprint density at radius 2 is 1.74 bits per heavy atom. The average molecular weight is 441 g/mol. The van der Waals surface area contributed by atoms with Crippen LogP contribution < -0.4 is 0 Å². The molecule has 7 heteroatoms. The maximum Gasteiger partial charge on any atom is 0.186 e. The van der Waals surface area contributed by atoms with Crippen molar-refractivity contribution in [2.75, 3.05) is 13.2 Å². The lowest BCUT2D eigenvalue weighted by molar-refractivity contribution is -0.207. The summed E-state index contributed by atoms with van der Waals surface area (Å²) >= 11 is 3.22. The van der Waals surface area contributed by atoms with Crippen molar-refractivity contribution in [2.24, 2.45) is 5.92 Å². The number of rotatable bonds is 7. The number of unbranched alkanes of at least 4 members (excludes halogenated alkanes) is 3. The number of benzene rings is 1. The van der Waals surface area contributed by atoms with Gasteiger partial charge in [0.2, 0.25) is 0 Å². The Hall–Kier alpha value is -1.44. The first kappa shape index (κ1) is 20.3. The summed E-state index contributed by atoms with van der Waals surface area (Å²) in [6, 6.07) is 2.94. The molecule has 1 saturated heterocycles. The molecule has 0 N–H and O–H groups in total. The molecule has 1 aliphatic rings. The van der Waals surface area contributed by atoms with Gasteiger partial charge < -0.3 is 9.47 Å². The SMILES string of the molecule is CCCCCCC1COC(c2ccc(-c3ncc(Br)cn3)c(F)c2F)OC1. The Balaban J connectivity index is 1.64. The van der Waals surface area contributed by atoms with Gasteiger partial charge in [0.05, 0.1) is 23.2 Å². The van der Waals surface area contributed by atoms with E-state index in [2.05, 4.69) is 32.8 Å². The van der Waals surface area contributed by atoms with Crippen LogP contribution in [0.1, 0.15) is 50.9 Å². The molecule has 0 amide bonds. The van der Waals surface area contributed by atoms with Gasteiger partial charge in [0, 0.05) is 23.9 Å². The molecule has 146 valence electrons. The van der Waals surface area contributed by atoms with E-state index in [0.717, 1.165) is 12.8 Å². The molecule has 0 atom stereocenters. The standard InChI is InChI=1S/C20H23BrF2N2O2/c1-2-3-4-5-6-13-11-26-20(27-12-13)16-8-7-15(17(22)18(16)23)19-24-9-14(21)10-25-19/h7-10,13,20H,2-6,11-12H2,1H3. The van der Waals surface area contributed by atoms with Crippen molar-refractivity contribution in [3.05, 3.63) is 46.2 Å². The van der Waals surface area contributed by atoms with E-state index in [9.17, 15) is 8.78 Å². The molecule has 2 aromatic rings. The summed E-state index contributed by atoms with van der Waals surface area (Å²) in [6.07, 6.45) is 7.90. The Labute approximate surface area is 166 Å². The molecule has 1 aromatic carbocycles. The third-order valence-electron chi connectivity index (χ3n) is 4.66. The summed E-state index contributed by atoms with van der Waals surface area (Å²) in [5.41, 5.74) is 0.0751. The lowest BCUT2D eigenvalue weighted by Crippen LogP contribution is -2.27. The second-order valence-corrected chi connectivity index (χ2v) is 7.68. The lowest BCUT2D eigenvalue weighted by Gasteiger charge is -2.30.